The Balaban J connectivity index is 5.39. The normalized spacial score (nSPS) is 14.2. The van der Waals surface area contributed by atoms with Crippen LogP contribution in [0.5, 0.6) is 0 Å². The summed E-state index contributed by atoms with van der Waals surface area (Å²) in [6.45, 7) is 7.33. The van der Waals surface area contributed by atoms with Gasteiger partial charge in [0.15, 0.2) is 5.82 Å². The second kappa shape index (κ2) is 6.38. The highest BCUT2D eigenvalue weighted by atomic mass is 15.0. The summed E-state index contributed by atoms with van der Waals surface area (Å²) in [7, 11) is 0. The Kier molecular flexibility index (Phi) is 5.49. The van der Waals surface area contributed by atoms with Crippen LogP contribution in [0.4, 0.5) is 0 Å². The van der Waals surface area contributed by atoms with Gasteiger partial charge in [0.1, 0.15) is 11.5 Å². The lowest BCUT2D eigenvalue weighted by atomic mass is 10.3. The van der Waals surface area contributed by atoms with Gasteiger partial charge in [-0.1, -0.05) is 5.92 Å². The number of terminal acetylenes is 1. The summed E-state index contributed by atoms with van der Waals surface area (Å²) in [4.78, 5) is 11.6. The van der Waals surface area contributed by atoms with Crippen LogP contribution < -0.4 is 11.5 Å². The summed E-state index contributed by atoms with van der Waals surface area (Å²) < 4.78 is 0. The van der Waals surface area contributed by atoms with Crippen molar-refractivity contribution in [1.82, 2.24) is 0 Å². The fourth-order valence-corrected chi connectivity index (χ4v) is 0.766. The van der Waals surface area contributed by atoms with Crippen molar-refractivity contribution in [2.24, 2.45) is 26.4 Å². The molecule has 0 saturated carbocycles. The number of nitrogens with zero attached hydrogens (tertiary/aromatic N) is 3. The molecule has 80 valence electrons. The molecule has 0 bridgehead atoms. The van der Waals surface area contributed by atoms with Crippen LogP contribution in [0.25, 0.3) is 0 Å². The second-order valence-corrected chi connectivity index (χ2v) is 2.59. The molecule has 0 aromatic rings. The van der Waals surface area contributed by atoms with Crippen molar-refractivity contribution in [2.75, 3.05) is 6.54 Å². The van der Waals surface area contributed by atoms with E-state index in [0.29, 0.717) is 12.3 Å². The minimum atomic E-state index is 0.110. The predicted octanol–water partition coefficient (Wildman–Crippen LogP) is 0.286. The Labute approximate surface area is 89.7 Å². The van der Waals surface area contributed by atoms with Crippen molar-refractivity contribution in [2.45, 2.75) is 13.8 Å². The van der Waals surface area contributed by atoms with E-state index in [1.165, 1.54) is 0 Å². The van der Waals surface area contributed by atoms with Gasteiger partial charge in [-0.05, 0) is 20.6 Å². The van der Waals surface area contributed by atoms with E-state index in [9.17, 15) is 0 Å². The summed E-state index contributed by atoms with van der Waals surface area (Å²) in [5.74, 6) is 2.68. The highest BCUT2D eigenvalue weighted by Crippen LogP contribution is 2.03. The molecule has 0 aliphatic heterocycles. The van der Waals surface area contributed by atoms with Gasteiger partial charge >= 0.3 is 0 Å². The van der Waals surface area contributed by atoms with Gasteiger partial charge in [0.25, 0.3) is 0 Å². The van der Waals surface area contributed by atoms with Crippen molar-refractivity contribution in [3.8, 4) is 12.3 Å². The van der Waals surface area contributed by atoms with Gasteiger partial charge in [0, 0.05) is 6.54 Å². The van der Waals surface area contributed by atoms with E-state index >= 15 is 0 Å². The van der Waals surface area contributed by atoms with Crippen LogP contribution in [0.2, 0.25) is 0 Å². The first-order valence-electron chi connectivity index (χ1n) is 4.35. The molecule has 15 heavy (non-hydrogen) atoms. The highest BCUT2D eigenvalue weighted by Gasteiger charge is 2.06. The molecule has 0 unspecified atom stereocenters. The molecule has 0 aliphatic rings. The maximum Gasteiger partial charge on any atom is 0.152 e. The first kappa shape index (κ1) is 12.9. The standard InChI is InChI=1S/C10H15N5/c1-5-7(3)15-8(9(11)13-4)10(12)14-6-2/h1H,4,6,11H2,2-3H3,(H2,12,14)/b9-8-,15-7+. The van der Waals surface area contributed by atoms with Crippen LogP contribution in [-0.2, 0) is 0 Å². The molecule has 5 heteroatoms. The Morgan fingerprint density at radius 2 is 2.07 bits per heavy atom. The van der Waals surface area contributed by atoms with E-state index in [0.717, 1.165) is 0 Å². The first-order valence-corrected chi connectivity index (χ1v) is 4.35. The van der Waals surface area contributed by atoms with Crippen LogP contribution in [0, 0.1) is 12.3 Å². The van der Waals surface area contributed by atoms with Gasteiger partial charge in [-0.3, -0.25) is 4.99 Å². The number of hydrogen-bond acceptors (Lipinski definition) is 4. The molecule has 0 atom stereocenters. The zero-order valence-electron chi connectivity index (χ0n) is 8.99. The van der Waals surface area contributed by atoms with Crippen molar-refractivity contribution >= 4 is 18.3 Å². The van der Waals surface area contributed by atoms with Crippen LogP contribution in [0.3, 0.4) is 0 Å². The Morgan fingerprint density at radius 1 is 1.47 bits per heavy atom. The quantitative estimate of drug-likeness (QED) is 0.392. The molecule has 4 N–H and O–H groups in total. The number of aliphatic imine (C=N–C) groups is 3. The largest absolute Gasteiger partial charge is 0.382 e. The molecule has 0 rings (SSSR count). The van der Waals surface area contributed by atoms with Crippen LogP contribution in [-0.4, -0.2) is 24.8 Å². The van der Waals surface area contributed by atoms with Gasteiger partial charge in [-0.2, -0.15) is 0 Å². The van der Waals surface area contributed by atoms with Gasteiger partial charge in [-0.25, -0.2) is 9.98 Å². The van der Waals surface area contributed by atoms with Gasteiger partial charge < -0.3 is 11.5 Å². The summed E-state index contributed by atoms with van der Waals surface area (Å²) >= 11 is 0. The molecule has 5 nitrogen and oxygen atoms in total. The van der Waals surface area contributed by atoms with Crippen LogP contribution in [0.15, 0.2) is 26.5 Å². The number of nitrogens with two attached hydrogens (primary N) is 2. The third-order valence-corrected chi connectivity index (χ3v) is 1.47. The molecule has 0 heterocycles. The smallest absolute Gasteiger partial charge is 0.152 e. The topological polar surface area (TPSA) is 89.1 Å². The molecule has 0 fully saturated rings. The zero-order chi connectivity index (χ0) is 11.8. The van der Waals surface area contributed by atoms with E-state index in [4.69, 9.17) is 17.9 Å². The molecule has 0 aliphatic carbocycles. The molecule has 0 aromatic carbocycles. The maximum atomic E-state index is 5.66. The third kappa shape index (κ3) is 4.09. The van der Waals surface area contributed by atoms with E-state index in [2.05, 4.69) is 27.6 Å². The Morgan fingerprint density at radius 3 is 2.47 bits per heavy atom. The van der Waals surface area contributed by atoms with Crippen LogP contribution in [0.1, 0.15) is 13.8 Å². The van der Waals surface area contributed by atoms with E-state index < -0.39 is 0 Å². The van der Waals surface area contributed by atoms with Gasteiger partial charge in [-0.15, -0.1) is 6.42 Å². The monoisotopic (exact) mass is 205 g/mol. The van der Waals surface area contributed by atoms with Crippen molar-refractivity contribution in [1.29, 1.82) is 0 Å². The lowest BCUT2D eigenvalue weighted by Gasteiger charge is -2.03. The summed E-state index contributed by atoms with van der Waals surface area (Å²) in [5.41, 5.74) is 11.9. The number of amidine groups is 1. The number of hydrogen-bond donors (Lipinski definition) is 2. The fourth-order valence-electron chi connectivity index (χ4n) is 0.766. The molecule has 0 saturated heterocycles. The lowest BCUT2D eigenvalue weighted by Crippen LogP contribution is -2.19. The minimum Gasteiger partial charge on any atom is -0.382 e. The summed E-state index contributed by atoms with van der Waals surface area (Å²) in [5, 5.41) is 0. The maximum absolute atomic E-state index is 5.66. The summed E-state index contributed by atoms with van der Waals surface area (Å²) in [6, 6.07) is 0. The number of rotatable bonds is 4. The Hall–Kier alpha value is -2.09. The molecule has 0 radical (unpaired) electrons. The SMILES string of the molecule is C#C/C(C)=N/C(=C(/N)N=C)C(/N)=N\CC. The van der Waals surface area contributed by atoms with Crippen molar-refractivity contribution in [3.63, 3.8) is 0 Å². The summed E-state index contributed by atoms with van der Waals surface area (Å²) in [6.07, 6.45) is 5.16. The van der Waals surface area contributed by atoms with Gasteiger partial charge in [0.2, 0.25) is 0 Å². The molecule has 0 aromatic heterocycles. The fraction of sp³-hybridized carbons (Fsp3) is 0.300. The molecule has 0 amide bonds. The average Bonchev–Trinajstić information content (AvgIpc) is 2.24. The predicted molar refractivity (Wildman–Crippen MR) is 64.9 cm³/mol. The first-order chi connectivity index (χ1) is 7.06. The van der Waals surface area contributed by atoms with E-state index in [-0.39, 0.29) is 17.4 Å². The molecular formula is C10H15N5. The van der Waals surface area contributed by atoms with E-state index in [1.807, 2.05) is 6.92 Å². The molecule has 0 spiro atoms. The van der Waals surface area contributed by atoms with Crippen molar-refractivity contribution < 1.29 is 0 Å². The minimum absolute atomic E-state index is 0.110. The van der Waals surface area contributed by atoms with Crippen LogP contribution >= 0.6 is 0 Å². The Bertz CT molecular complexity index is 368. The van der Waals surface area contributed by atoms with Crippen molar-refractivity contribution in [3.05, 3.63) is 11.5 Å². The highest BCUT2D eigenvalue weighted by molar-refractivity contribution is 6.04. The lowest BCUT2D eigenvalue weighted by molar-refractivity contribution is 1.10. The third-order valence-electron chi connectivity index (χ3n) is 1.47. The zero-order valence-corrected chi connectivity index (χ0v) is 8.99. The average molecular weight is 205 g/mol. The van der Waals surface area contributed by atoms with Gasteiger partial charge in [0.05, 0.1) is 5.71 Å². The second-order valence-electron chi connectivity index (χ2n) is 2.59. The van der Waals surface area contributed by atoms with E-state index in [1.54, 1.807) is 6.92 Å². The molecular weight excluding hydrogens is 190 g/mol.